The van der Waals surface area contributed by atoms with E-state index < -0.39 is 0 Å². The zero-order valence-electron chi connectivity index (χ0n) is 15.4. The second-order valence-corrected chi connectivity index (χ2v) is 8.10. The minimum absolute atomic E-state index is 0.0144. The summed E-state index contributed by atoms with van der Waals surface area (Å²) in [6, 6.07) is 10.1. The van der Waals surface area contributed by atoms with Crippen LogP contribution in [0, 0.1) is 11.3 Å². The van der Waals surface area contributed by atoms with Gasteiger partial charge >= 0.3 is 0 Å². The summed E-state index contributed by atoms with van der Waals surface area (Å²) >= 11 is 0. The van der Waals surface area contributed by atoms with Gasteiger partial charge < -0.3 is 10.6 Å². The molecule has 5 rings (SSSR count). The van der Waals surface area contributed by atoms with E-state index in [0.29, 0.717) is 11.6 Å². The number of fused-ring (bicyclic) bond motifs is 1. The molecule has 5 heteroatoms. The maximum Gasteiger partial charge on any atom is 0.225 e. The number of rotatable bonds is 3. The van der Waals surface area contributed by atoms with Crippen LogP contribution in [0.5, 0.6) is 0 Å². The maximum atomic E-state index is 12.5. The lowest BCUT2D eigenvalue weighted by Gasteiger charge is -2.25. The maximum absolute atomic E-state index is 12.5. The summed E-state index contributed by atoms with van der Waals surface area (Å²) in [5, 5.41) is 1.08. The van der Waals surface area contributed by atoms with Crippen LogP contribution in [0.3, 0.4) is 0 Å². The topological polar surface area (TPSA) is 71.6 Å². The van der Waals surface area contributed by atoms with Gasteiger partial charge in [-0.25, -0.2) is 0 Å². The van der Waals surface area contributed by atoms with Gasteiger partial charge in [-0.05, 0) is 43.9 Å². The summed E-state index contributed by atoms with van der Waals surface area (Å²) in [6.07, 6.45) is 7.97. The second-order valence-electron chi connectivity index (χ2n) is 8.10. The molecule has 1 saturated carbocycles. The number of hydrogen-bond acceptors (Lipinski definition) is 4. The van der Waals surface area contributed by atoms with Crippen molar-refractivity contribution < 1.29 is 4.79 Å². The highest BCUT2D eigenvalue weighted by atomic mass is 16.2. The molecule has 3 heterocycles. The highest BCUT2D eigenvalue weighted by Crippen LogP contribution is 2.42. The third kappa shape index (κ3) is 2.91. The molecule has 0 bridgehead atoms. The molecule has 1 aliphatic carbocycles. The molecule has 27 heavy (non-hydrogen) atoms. The molecule has 1 saturated heterocycles. The van der Waals surface area contributed by atoms with Gasteiger partial charge in [-0.15, -0.1) is 0 Å². The Bertz CT molecular complexity index is 975. The number of amides is 1. The number of likely N-dealkylation sites (tertiary alicyclic amines) is 1. The standard InChI is InChI=1S/C22H24N4O/c23-18(17-11-16-3-1-2-4-19(16)25-13-17)12-20-22(7-9-24-20)8-10-26(14-22)21(27)15-5-6-15/h1-4,11-13,15H,5-10,14,23H2. The SMILES string of the molecule is NC(=CC1=NCCC12CCN(C(=O)C1CC1)C2)c1cnc2ccccc2c1. The molecule has 2 fully saturated rings. The number of aromatic nitrogens is 1. The van der Waals surface area contributed by atoms with E-state index in [1.54, 1.807) is 0 Å². The zero-order chi connectivity index (χ0) is 18.4. The first-order chi connectivity index (χ1) is 13.1. The van der Waals surface area contributed by atoms with Crippen LogP contribution in [0.15, 0.2) is 47.6 Å². The van der Waals surface area contributed by atoms with Crippen LogP contribution in [0.2, 0.25) is 0 Å². The predicted molar refractivity (Wildman–Crippen MR) is 107 cm³/mol. The minimum atomic E-state index is -0.0144. The van der Waals surface area contributed by atoms with Gasteiger partial charge in [0.15, 0.2) is 0 Å². The third-order valence-corrected chi connectivity index (χ3v) is 6.22. The summed E-state index contributed by atoms with van der Waals surface area (Å²) in [7, 11) is 0. The van der Waals surface area contributed by atoms with Crippen LogP contribution in [0.4, 0.5) is 0 Å². The molecule has 2 aromatic rings. The molecule has 1 aromatic heterocycles. The first kappa shape index (κ1) is 16.5. The Balaban J connectivity index is 1.40. The molecule has 138 valence electrons. The highest BCUT2D eigenvalue weighted by Gasteiger charge is 2.47. The molecule has 1 aromatic carbocycles. The van der Waals surface area contributed by atoms with Crippen molar-refractivity contribution in [2.45, 2.75) is 25.7 Å². The number of carbonyl (C=O) groups is 1. The Kier molecular flexibility index (Phi) is 3.78. The van der Waals surface area contributed by atoms with Crippen LogP contribution in [0.25, 0.3) is 16.6 Å². The Labute approximate surface area is 159 Å². The summed E-state index contributed by atoms with van der Waals surface area (Å²) in [4.78, 5) is 23.8. The van der Waals surface area contributed by atoms with Gasteiger partial charge in [-0.3, -0.25) is 14.8 Å². The molecule has 1 atom stereocenters. The largest absolute Gasteiger partial charge is 0.398 e. The molecule has 2 aliphatic heterocycles. The number of carbonyl (C=O) groups excluding carboxylic acids is 1. The smallest absolute Gasteiger partial charge is 0.225 e. The molecule has 2 N–H and O–H groups in total. The number of para-hydroxylation sites is 1. The Morgan fingerprint density at radius 2 is 2.11 bits per heavy atom. The fourth-order valence-corrected chi connectivity index (χ4v) is 4.41. The number of nitrogens with two attached hydrogens (primary N) is 1. The highest BCUT2D eigenvalue weighted by molar-refractivity contribution is 6.06. The van der Waals surface area contributed by atoms with Crippen molar-refractivity contribution in [2.24, 2.45) is 22.1 Å². The van der Waals surface area contributed by atoms with Gasteiger partial charge in [-0.1, -0.05) is 18.2 Å². The second kappa shape index (κ2) is 6.19. The van der Waals surface area contributed by atoms with E-state index in [4.69, 9.17) is 10.7 Å². The summed E-state index contributed by atoms with van der Waals surface area (Å²) in [5.74, 6) is 0.625. The molecule has 0 radical (unpaired) electrons. The molecule has 1 amide bonds. The first-order valence-electron chi connectivity index (χ1n) is 9.81. The number of hydrogen-bond donors (Lipinski definition) is 1. The van der Waals surface area contributed by atoms with E-state index in [-0.39, 0.29) is 11.3 Å². The number of nitrogens with zero attached hydrogens (tertiary/aromatic N) is 3. The van der Waals surface area contributed by atoms with Gasteiger partial charge in [0.1, 0.15) is 0 Å². The monoisotopic (exact) mass is 360 g/mol. The lowest BCUT2D eigenvalue weighted by atomic mass is 9.80. The van der Waals surface area contributed by atoms with Gasteiger partial charge in [-0.2, -0.15) is 0 Å². The fraction of sp³-hybridized carbons (Fsp3) is 0.409. The van der Waals surface area contributed by atoms with Gasteiger partial charge in [0.25, 0.3) is 0 Å². The van der Waals surface area contributed by atoms with Crippen LogP contribution < -0.4 is 5.73 Å². The van der Waals surface area contributed by atoms with Gasteiger partial charge in [0.2, 0.25) is 5.91 Å². The molecule has 1 spiro atoms. The van der Waals surface area contributed by atoms with E-state index in [1.807, 2.05) is 36.5 Å². The van der Waals surface area contributed by atoms with Crippen molar-refractivity contribution in [1.82, 2.24) is 9.88 Å². The van der Waals surface area contributed by atoms with Crippen LogP contribution in [-0.4, -0.2) is 41.1 Å². The van der Waals surface area contributed by atoms with Crippen molar-refractivity contribution >= 4 is 28.2 Å². The molecule has 3 aliphatic rings. The van der Waals surface area contributed by atoms with Gasteiger partial charge in [0, 0.05) is 59.5 Å². The van der Waals surface area contributed by atoms with Gasteiger partial charge in [0.05, 0.1) is 5.52 Å². The van der Waals surface area contributed by atoms with Crippen molar-refractivity contribution in [3.63, 3.8) is 0 Å². The van der Waals surface area contributed by atoms with E-state index in [2.05, 4.69) is 16.0 Å². The van der Waals surface area contributed by atoms with Crippen molar-refractivity contribution in [2.75, 3.05) is 19.6 Å². The average Bonchev–Trinajstić information content (AvgIpc) is 3.36. The van der Waals surface area contributed by atoms with Crippen molar-refractivity contribution in [3.8, 4) is 0 Å². The fourth-order valence-electron chi connectivity index (χ4n) is 4.41. The number of pyridine rings is 1. The number of allylic oxidation sites excluding steroid dienone is 1. The summed E-state index contributed by atoms with van der Waals surface area (Å²) in [5.41, 5.74) is 10.0. The summed E-state index contributed by atoms with van der Waals surface area (Å²) in [6.45, 7) is 2.46. The van der Waals surface area contributed by atoms with Crippen LogP contribution in [-0.2, 0) is 4.79 Å². The van der Waals surface area contributed by atoms with E-state index in [9.17, 15) is 4.79 Å². The quantitative estimate of drug-likeness (QED) is 0.914. The van der Waals surface area contributed by atoms with Crippen molar-refractivity contribution in [3.05, 3.63) is 48.2 Å². The predicted octanol–water partition coefficient (Wildman–Crippen LogP) is 3.01. The average molecular weight is 360 g/mol. The molecular formula is C22H24N4O. The lowest BCUT2D eigenvalue weighted by molar-refractivity contribution is -0.131. The number of benzene rings is 1. The van der Waals surface area contributed by atoms with E-state index in [1.165, 1.54) is 0 Å². The van der Waals surface area contributed by atoms with E-state index in [0.717, 1.165) is 67.5 Å². The normalized spacial score (nSPS) is 25.4. The van der Waals surface area contributed by atoms with Crippen LogP contribution >= 0.6 is 0 Å². The summed E-state index contributed by atoms with van der Waals surface area (Å²) < 4.78 is 0. The van der Waals surface area contributed by atoms with E-state index >= 15 is 0 Å². The Morgan fingerprint density at radius 1 is 1.26 bits per heavy atom. The van der Waals surface area contributed by atoms with Crippen molar-refractivity contribution in [1.29, 1.82) is 0 Å². The third-order valence-electron chi connectivity index (χ3n) is 6.22. The Hall–Kier alpha value is -2.69. The first-order valence-corrected chi connectivity index (χ1v) is 9.81. The minimum Gasteiger partial charge on any atom is -0.398 e. The Morgan fingerprint density at radius 3 is 2.96 bits per heavy atom. The molecular weight excluding hydrogens is 336 g/mol. The zero-order valence-corrected chi connectivity index (χ0v) is 15.4. The number of aliphatic imine (C=N–C) groups is 1. The molecule has 5 nitrogen and oxygen atoms in total. The lowest BCUT2D eigenvalue weighted by Crippen LogP contribution is -2.35. The molecule has 1 unspecified atom stereocenters. The van der Waals surface area contributed by atoms with Crippen LogP contribution in [0.1, 0.15) is 31.2 Å².